The molecular formula is C22H31NO2. The highest BCUT2D eigenvalue weighted by Gasteiger charge is 2.12. The first kappa shape index (κ1) is 19.3. The second-order valence-electron chi connectivity index (χ2n) is 7.22. The number of nitrogens with zero attached hydrogens (tertiary/aromatic N) is 1. The molecule has 2 aromatic rings. The summed E-state index contributed by atoms with van der Waals surface area (Å²) in [5.74, 6) is 1.27. The Balaban J connectivity index is 1.88. The first-order valence-corrected chi connectivity index (χ1v) is 9.12. The molecule has 0 bridgehead atoms. The summed E-state index contributed by atoms with van der Waals surface area (Å²) in [5.41, 5.74) is 3.36. The van der Waals surface area contributed by atoms with Gasteiger partial charge in [-0.2, -0.15) is 0 Å². The molecule has 136 valence electrons. The molecule has 0 fully saturated rings. The lowest BCUT2D eigenvalue weighted by Gasteiger charge is -2.30. The number of aromatic hydroxyl groups is 1. The fraction of sp³-hybridized carbons (Fsp3) is 0.455. The van der Waals surface area contributed by atoms with E-state index in [-0.39, 0.29) is 0 Å². The van der Waals surface area contributed by atoms with E-state index in [4.69, 9.17) is 4.74 Å². The summed E-state index contributed by atoms with van der Waals surface area (Å²) in [4.78, 5) is 2.43. The van der Waals surface area contributed by atoms with Crippen LogP contribution in [0, 0.1) is 6.92 Å². The van der Waals surface area contributed by atoms with E-state index in [0.717, 1.165) is 24.3 Å². The molecule has 0 aliphatic carbocycles. The summed E-state index contributed by atoms with van der Waals surface area (Å²) in [7, 11) is 0. The highest BCUT2D eigenvalue weighted by molar-refractivity contribution is 5.38. The van der Waals surface area contributed by atoms with Gasteiger partial charge in [0.15, 0.2) is 0 Å². The fourth-order valence-corrected chi connectivity index (χ4v) is 3.15. The fourth-order valence-electron chi connectivity index (χ4n) is 3.15. The summed E-state index contributed by atoms with van der Waals surface area (Å²) in [5, 5.41) is 9.62. The van der Waals surface area contributed by atoms with Crippen molar-refractivity contribution in [2.45, 2.75) is 53.1 Å². The average Bonchev–Trinajstić information content (AvgIpc) is 2.56. The first-order valence-electron chi connectivity index (χ1n) is 9.12. The molecule has 0 unspecified atom stereocenters. The van der Waals surface area contributed by atoms with Crippen LogP contribution in [0.15, 0.2) is 42.5 Å². The van der Waals surface area contributed by atoms with E-state index in [1.807, 2.05) is 31.2 Å². The van der Waals surface area contributed by atoms with Gasteiger partial charge in [0.2, 0.25) is 0 Å². The van der Waals surface area contributed by atoms with Crippen molar-refractivity contribution >= 4 is 0 Å². The Hall–Kier alpha value is -2.00. The van der Waals surface area contributed by atoms with E-state index in [0.29, 0.717) is 24.4 Å². The minimum absolute atomic E-state index is 0.351. The number of hydrogen-bond donors (Lipinski definition) is 1. The molecule has 25 heavy (non-hydrogen) atoms. The number of ether oxygens (including phenoxy) is 1. The Labute approximate surface area is 152 Å². The van der Waals surface area contributed by atoms with Crippen LogP contribution in [0.1, 0.15) is 44.4 Å². The number of phenols is 1. The zero-order chi connectivity index (χ0) is 18.4. The summed E-state index contributed by atoms with van der Waals surface area (Å²) in [6, 6.07) is 15.1. The lowest BCUT2D eigenvalue weighted by molar-refractivity contribution is 0.142. The molecule has 0 aromatic heterocycles. The van der Waals surface area contributed by atoms with Gasteiger partial charge in [-0.25, -0.2) is 0 Å². The Morgan fingerprint density at radius 3 is 2.08 bits per heavy atom. The topological polar surface area (TPSA) is 32.7 Å². The van der Waals surface area contributed by atoms with Gasteiger partial charge in [0.1, 0.15) is 18.1 Å². The van der Waals surface area contributed by atoms with Crippen molar-refractivity contribution in [3.8, 4) is 11.5 Å². The van der Waals surface area contributed by atoms with E-state index >= 15 is 0 Å². The molecule has 0 saturated heterocycles. The van der Waals surface area contributed by atoms with Crippen LogP contribution in [-0.4, -0.2) is 35.2 Å². The Morgan fingerprint density at radius 2 is 1.52 bits per heavy atom. The zero-order valence-electron chi connectivity index (χ0n) is 16.1. The smallest absolute Gasteiger partial charge is 0.119 e. The number of hydrogen-bond acceptors (Lipinski definition) is 3. The van der Waals surface area contributed by atoms with Gasteiger partial charge in [-0.15, -0.1) is 0 Å². The van der Waals surface area contributed by atoms with Crippen LogP contribution < -0.4 is 4.74 Å². The minimum Gasteiger partial charge on any atom is -0.508 e. The predicted octanol–water partition coefficient (Wildman–Crippen LogP) is 4.79. The van der Waals surface area contributed by atoms with E-state index in [9.17, 15) is 5.11 Å². The molecular weight excluding hydrogens is 310 g/mol. The van der Waals surface area contributed by atoms with Crippen molar-refractivity contribution in [3.63, 3.8) is 0 Å². The van der Waals surface area contributed by atoms with Gasteiger partial charge in [0, 0.05) is 18.6 Å². The molecule has 2 rings (SSSR count). The van der Waals surface area contributed by atoms with Gasteiger partial charge in [0.25, 0.3) is 0 Å². The molecule has 0 aliphatic rings. The van der Waals surface area contributed by atoms with Gasteiger partial charge < -0.3 is 9.84 Å². The maximum Gasteiger partial charge on any atom is 0.119 e. The van der Waals surface area contributed by atoms with E-state index in [2.05, 4.69) is 44.7 Å². The van der Waals surface area contributed by atoms with Crippen LogP contribution in [0.5, 0.6) is 11.5 Å². The molecule has 0 spiro atoms. The molecule has 0 amide bonds. The van der Waals surface area contributed by atoms with Crippen LogP contribution >= 0.6 is 0 Å². The summed E-state index contributed by atoms with van der Waals surface area (Å²) >= 11 is 0. The van der Waals surface area contributed by atoms with Crippen molar-refractivity contribution < 1.29 is 9.84 Å². The zero-order valence-corrected chi connectivity index (χ0v) is 16.1. The normalized spacial score (nSPS) is 11.5. The third-order valence-corrected chi connectivity index (χ3v) is 4.54. The highest BCUT2D eigenvalue weighted by Crippen LogP contribution is 2.20. The third kappa shape index (κ3) is 5.79. The van der Waals surface area contributed by atoms with Crippen molar-refractivity contribution in [2.75, 3.05) is 13.2 Å². The average molecular weight is 341 g/mol. The van der Waals surface area contributed by atoms with Gasteiger partial charge in [-0.05, 0) is 75.9 Å². The molecule has 2 aromatic carbocycles. The minimum atomic E-state index is 0.351. The van der Waals surface area contributed by atoms with Crippen molar-refractivity contribution in [3.05, 3.63) is 59.2 Å². The van der Waals surface area contributed by atoms with Crippen molar-refractivity contribution in [1.82, 2.24) is 4.90 Å². The van der Waals surface area contributed by atoms with Crippen LogP contribution in [0.25, 0.3) is 0 Å². The predicted molar refractivity (Wildman–Crippen MR) is 105 cm³/mol. The third-order valence-electron chi connectivity index (χ3n) is 4.54. The summed E-state index contributed by atoms with van der Waals surface area (Å²) < 4.78 is 5.90. The molecule has 0 radical (unpaired) electrons. The second kappa shape index (κ2) is 8.91. The molecule has 3 nitrogen and oxygen atoms in total. The van der Waals surface area contributed by atoms with Crippen molar-refractivity contribution in [1.29, 1.82) is 0 Å². The summed E-state index contributed by atoms with van der Waals surface area (Å²) in [6.45, 7) is 12.4. The maximum atomic E-state index is 9.62. The van der Waals surface area contributed by atoms with Crippen LogP contribution in [0.2, 0.25) is 0 Å². The molecule has 1 N–H and O–H groups in total. The monoisotopic (exact) mass is 341 g/mol. The van der Waals surface area contributed by atoms with Gasteiger partial charge in [-0.1, -0.05) is 24.3 Å². The number of benzene rings is 2. The molecule has 0 saturated carbocycles. The molecule has 0 heterocycles. The Morgan fingerprint density at radius 1 is 0.920 bits per heavy atom. The number of phenolic OH excluding ortho intramolecular Hbond substituents is 1. The SMILES string of the molecule is Cc1cc(Cc2ccc(OCCN(C(C)C)C(C)C)cc2)ccc1O. The Bertz CT molecular complexity index is 654. The highest BCUT2D eigenvalue weighted by atomic mass is 16.5. The van der Waals surface area contributed by atoms with E-state index in [1.54, 1.807) is 6.07 Å². The summed E-state index contributed by atoms with van der Waals surface area (Å²) in [6.07, 6.45) is 0.857. The molecule has 3 heteroatoms. The second-order valence-corrected chi connectivity index (χ2v) is 7.22. The number of rotatable bonds is 8. The standard InChI is InChI=1S/C22H31NO2/c1-16(2)23(17(3)4)12-13-25-21-9-6-19(7-10-21)15-20-8-11-22(24)18(5)14-20/h6-11,14,16-17,24H,12-13,15H2,1-5H3. The number of aryl methyl sites for hydroxylation is 1. The quantitative estimate of drug-likeness (QED) is 0.749. The lowest BCUT2D eigenvalue weighted by atomic mass is 10.0. The van der Waals surface area contributed by atoms with Gasteiger partial charge in [-0.3, -0.25) is 4.90 Å². The van der Waals surface area contributed by atoms with Crippen LogP contribution in [-0.2, 0) is 6.42 Å². The largest absolute Gasteiger partial charge is 0.508 e. The van der Waals surface area contributed by atoms with Gasteiger partial charge >= 0.3 is 0 Å². The van der Waals surface area contributed by atoms with E-state index in [1.165, 1.54) is 11.1 Å². The lowest BCUT2D eigenvalue weighted by Crippen LogP contribution is -2.39. The van der Waals surface area contributed by atoms with E-state index < -0.39 is 0 Å². The molecule has 0 atom stereocenters. The maximum absolute atomic E-state index is 9.62. The molecule has 0 aliphatic heterocycles. The van der Waals surface area contributed by atoms with Crippen molar-refractivity contribution in [2.24, 2.45) is 0 Å². The van der Waals surface area contributed by atoms with Crippen LogP contribution in [0.3, 0.4) is 0 Å². The first-order chi connectivity index (χ1) is 11.9. The van der Waals surface area contributed by atoms with Gasteiger partial charge in [0.05, 0.1) is 0 Å². The van der Waals surface area contributed by atoms with Crippen LogP contribution in [0.4, 0.5) is 0 Å². The Kier molecular flexibility index (Phi) is 6.89.